The lowest BCUT2D eigenvalue weighted by Crippen LogP contribution is -2.58. The molecular formula is C39H56N6O9S2. The highest BCUT2D eigenvalue weighted by molar-refractivity contribution is 8.13. The Labute approximate surface area is 331 Å². The monoisotopic (exact) mass is 816 g/mol. The van der Waals surface area contributed by atoms with Crippen molar-refractivity contribution >= 4 is 61.2 Å². The lowest BCUT2D eigenvalue weighted by molar-refractivity contribution is -0.141. The first kappa shape index (κ1) is 41.7. The van der Waals surface area contributed by atoms with Crippen LogP contribution in [0.15, 0.2) is 36.4 Å². The van der Waals surface area contributed by atoms with Crippen molar-refractivity contribution in [2.24, 2.45) is 5.92 Å². The number of allylic oxidation sites excluding steroid dienone is 1. The van der Waals surface area contributed by atoms with Gasteiger partial charge in [-0.15, -0.1) is 0 Å². The van der Waals surface area contributed by atoms with Gasteiger partial charge >= 0.3 is 6.09 Å². The van der Waals surface area contributed by atoms with Crippen LogP contribution in [0.1, 0.15) is 85.5 Å². The van der Waals surface area contributed by atoms with Crippen LogP contribution in [0.4, 0.5) is 4.79 Å². The first-order chi connectivity index (χ1) is 26.4. The molecule has 17 heteroatoms. The van der Waals surface area contributed by atoms with Crippen LogP contribution in [0.25, 0.3) is 11.0 Å². The molecule has 2 aromatic rings. The molecule has 15 nitrogen and oxygen atoms in total. The number of amides is 4. The van der Waals surface area contributed by atoms with E-state index in [4.69, 9.17) is 19.2 Å². The molecule has 2 saturated carbocycles. The molecule has 1 aromatic heterocycles. The zero-order valence-electron chi connectivity index (χ0n) is 33.0. The average Bonchev–Trinajstić information content (AvgIpc) is 3.94. The number of alkyl carbamates (subject to hydrolysis) is 1. The van der Waals surface area contributed by atoms with Crippen molar-refractivity contribution in [3.05, 3.63) is 36.4 Å². The van der Waals surface area contributed by atoms with Gasteiger partial charge in [0, 0.05) is 18.1 Å². The van der Waals surface area contributed by atoms with Gasteiger partial charge in [-0.1, -0.05) is 43.0 Å². The van der Waals surface area contributed by atoms with Crippen molar-refractivity contribution in [2.75, 3.05) is 25.2 Å². The summed E-state index contributed by atoms with van der Waals surface area (Å²) in [6, 6.07) is 5.63. The fourth-order valence-corrected chi connectivity index (χ4v) is 8.88. The third kappa shape index (κ3) is 9.59. The summed E-state index contributed by atoms with van der Waals surface area (Å²) in [7, 11) is -4.04. The van der Waals surface area contributed by atoms with Crippen LogP contribution in [0.3, 0.4) is 0 Å². The number of rotatable bonds is 11. The van der Waals surface area contributed by atoms with E-state index >= 15 is 0 Å². The Morgan fingerprint density at radius 2 is 1.89 bits per heavy atom. The topological polar surface area (TPSA) is 187 Å². The zero-order chi connectivity index (χ0) is 40.5. The van der Waals surface area contributed by atoms with Gasteiger partial charge in [-0.3, -0.25) is 23.7 Å². The quantitative estimate of drug-likeness (QED) is 0.170. The second-order valence-corrected chi connectivity index (χ2v) is 20.9. The van der Waals surface area contributed by atoms with Crippen molar-refractivity contribution in [1.82, 2.24) is 29.8 Å². The minimum absolute atomic E-state index is 0.0249. The summed E-state index contributed by atoms with van der Waals surface area (Å²) in [6.07, 6.45) is 8.66. The molecule has 0 radical (unpaired) electrons. The number of fused-ring (bicyclic) bond motifs is 3. The van der Waals surface area contributed by atoms with E-state index in [1.165, 1.54) is 4.90 Å². The number of benzene rings is 1. The van der Waals surface area contributed by atoms with Crippen molar-refractivity contribution in [2.45, 2.75) is 126 Å². The van der Waals surface area contributed by atoms with Crippen LogP contribution < -0.4 is 20.1 Å². The largest absolute Gasteiger partial charge is 0.459 e. The van der Waals surface area contributed by atoms with Gasteiger partial charge in [0.25, 0.3) is 11.9 Å². The summed E-state index contributed by atoms with van der Waals surface area (Å²) in [5.41, 5.74) is -0.870. The molecule has 2 aliphatic heterocycles. The summed E-state index contributed by atoms with van der Waals surface area (Å²) in [4.78, 5) is 62.1. The molecule has 6 rings (SSSR count). The van der Waals surface area contributed by atoms with Gasteiger partial charge in [-0.2, -0.15) is 15.5 Å². The van der Waals surface area contributed by atoms with Crippen LogP contribution in [-0.2, 0) is 40.6 Å². The van der Waals surface area contributed by atoms with E-state index in [0.717, 1.165) is 24.1 Å². The molecule has 6 unspecified atom stereocenters. The predicted octanol–water partition coefficient (Wildman–Crippen LogP) is 3.98. The van der Waals surface area contributed by atoms with Crippen LogP contribution in [0.2, 0.25) is 0 Å². The first-order valence-electron chi connectivity index (χ1n) is 19.4. The molecule has 1 saturated heterocycles. The predicted molar refractivity (Wildman–Crippen MR) is 215 cm³/mol. The Morgan fingerprint density at radius 3 is 2.61 bits per heavy atom. The molecule has 2 aliphatic carbocycles. The Balaban J connectivity index is 1.30. The second-order valence-electron chi connectivity index (χ2n) is 16.7. The molecule has 308 valence electrons. The molecule has 3 fully saturated rings. The summed E-state index contributed by atoms with van der Waals surface area (Å²) in [5.74, 6) is 2.48. The zero-order valence-corrected chi connectivity index (χ0v) is 34.6. The number of aromatic nitrogens is 2. The number of hydrogen-bond acceptors (Lipinski definition) is 10. The smallest absolute Gasteiger partial charge is 0.408 e. The number of nitrogens with zero attached hydrogens (tertiary/aromatic N) is 3. The van der Waals surface area contributed by atoms with Crippen molar-refractivity contribution in [1.29, 1.82) is 0 Å². The molecule has 0 bridgehead atoms. The van der Waals surface area contributed by atoms with Crippen LogP contribution >= 0.6 is 10.5 Å². The lowest BCUT2D eigenvalue weighted by atomic mass is 10.0. The van der Waals surface area contributed by atoms with Crippen molar-refractivity contribution in [3.8, 4) is 6.01 Å². The molecule has 56 heavy (non-hydrogen) atoms. The van der Waals surface area contributed by atoms with Crippen LogP contribution in [-0.4, -0.2) is 112 Å². The van der Waals surface area contributed by atoms with E-state index in [9.17, 15) is 27.6 Å². The fourth-order valence-electron chi connectivity index (χ4n) is 7.17. The van der Waals surface area contributed by atoms with Gasteiger partial charge in [-0.25, -0.2) is 13.2 Å². The average molecular weight is 817 g/mol. The van der Waals surface area contributed by atoms with E-state index < -0.39 is 73.8 Å². The summed E-state index contributed by atoms with van der Waals surface area (Å²) < 4.78 is 47.4. The van der Waals surface area contributed by atoms with E-state index in [1.807, 2.05) is 42.7 Å². The normalized spacial score (nSPS) is 27.2. The Morgan fingerprint density at radius 1 is 1.14 bits per heavy atom. The number of hydrogen-bond donors (Lipinski definition) is 3. The Kier molecular flexibility index (Phi) is 12.3. The molecule has 4 amide bonds. The summed E-state index contributed by atoms with van der Waals surface area (Å²) in [5, 5.41) is 5.65. The molecule has 3 N–H and O–H groups in total. The molecular weight excluding hydrogens is 761 g/mol. The van der Waals surface area contributed by atoms with E-state index in [1.54, 1.807) is 32.3 Å². The lowest BCUT2D eigenvalue weighted by Gasteiger charge is -2.30. The van der Waals surface area contributed by atoms with Gasteiger partial charge in [-0.05, 0) is 84.6 Å². The maximum Gasteiger partial charge on any atom is 0.408 e. The Bertz CT molecular complexity index is 1990. The molecule has 0 spiro atoms. The van der Waals surface area contributed by atoms with Crippen LogP contribution in [0.5, 0.6) is 6.01 Å². The standard InChI is InChI=1S/C39H56N6O9S2/c1-37(2,3)54-36(49)41-29-16-11-9-7-8-10-14-26-23-39(26,34(48)43-56(50,51)38(4)18-19-38)42-32(46)31-22-27(24-44(31)33(29)47)53-35-40-28-15-12-13-17-30(28)45(35)25-52-20-21-55(5)6/h10,12-15,17,26-27,29,31H,5,7-9,11,16,18-25H2,1-4,6H3,(H,41,49)(H,42,46)(H,43,48). The number of imidazole rings is 1. The van der Waals surface area contributed by atoms with Gasteiger partial charge in [0.15, 0.2) is 0 Å². The highest BCUT2D eigenvalue weighted by Gasteiger charge is 2.63. The number of sulfonamides is 1. The SMILES string of the molecule is C=S(C)CCOCn1c(OC2CC3C(=O)NC4(C(=O)NS(=O)(=O)C5(C)CC5)CC4C=CCCCCCC(NC(=O)OC(C)(C)C)C(=O)N3C2)nc2ccccc21. The third-order valence-electron chi connectivity index (χ3n) is 10.9. The Hall–Kier alpha value is -3.96. The highest BCUT2D eigenvalue weighted by atomic mass is 32.2. The van der Waals surface area contributed by atoms with Gasteiger partial charge < -0.3 is 29.7 Å². The minimum Gasteiger partial charge on any atom is -0.459 e. The van der Waals surface area contributed by atoms with Crippen LogP contribution in [0, 0.1) is 5.92 Å². The van der Waals surface area contributed by atoms with Crippen molar-refractivity contribution < 1.29 is 41.8 Å². The van der Waals surface area contributed by atoms with Gasteiger partial charge in [0.1, 0.15) is 36.1 Å². The molecule has 3 heterocycles. The summed E-state index contributed by atoms with van der Waals surface area (Å²) >= 11 is 0. The molecule has 4 aliphatic rings. The highest BCUT2D eigenvalue weighted by Crippen LogP contribution is 2.47. The number of carbonyl (C=O) groups is 4. The maximum atomic E-state index is 14.6. The van der Waals surface area contributed by atoms with Crippen molar-refractivity contribution in [3.63, 3.8) is 0 Å². The van der Waals surface area contributed by atoms with Gasteiger partial charge in [0.05, 0.1) is 28.9 Å². The molecule has 6 atom stereocenters. The number of nitrogens with one attached hydrogen (secondary N) is 3. The van der Waals surface area contributed by atoms with E-state index in [2.05, 4.69) is 21.2 Å². The van der Waals surface area contributed by atoms with Gasteiger partial charge in [0.2, 0.25) is 21.8 Å². The second kappa shape index (κ2) is 16.5. The number of carbonyl (C=O) groups excluding carboxylic acids is 4. The van der Waals surface area contributed by atoms with E-state index in [-0.39, 0.29) is 42.6 Å². The molecule has 1 aromatic carbocycles. The minimum atomic E-state index is -3.99. The first-order valence-corrected chi connectivity index (χ1v) is 22.8. The number of para-hydroxylation sites is 2. The fraction of sp³-hybridized carbons (Fsp3) is 0.641. The maximum absolute atomic E-state index is 14.6. The van der Waals surface area contributed by atoms with E-state index in [0.29, 0.717) is 44.2 Å². The number of ether oxygens (including phenoxy) is 3. The third-order valence-corrected chi connectivity index (χ3v) is 13.9. The summed E-state index contributed by atoms with van der Waals surface area (Å²) in [6.45, 7) is 7.40.